The standard InChI is InChI=1S/C12H18BrN3O2/c1-7(2)10(6-18-3)16-12(17)8-4-11(14)15-5-9(8)13/h4-5,7,10H,6H2,1-3H3,(H2,14,15)(H,16,17). The zero-order chi connectivity index (χ0) is 13.7. The molecule has 0 spiro atoms. The molecule has 3 N–H and O–H groups in total. The molecule has 0 saturated carbocycles. The third-order valence-electron chi connectivity index (χ3n) is 2.59. The Balaban J connectivity index is 2.83. The molecule has 0 aliphatic heterocycles. The van der Waals surface area contributed by atoms with Crippen molar-refractivity contribution in [1.82, 2.24) is 10.3 Å². The van der Waals surface area contributed by atoms with Crippen molar-refractivity contribution < 1.29 is 9.53 Å². The molecular formula is C12H18BrN3O2. The topological polar surface area (TPSA) is 77.2 Å². The van der Waals surface area contributed by atoms with Crippen LogP contribution in [-0.4, -0.2) is 30.6 Å². The second-order valence-corrected chi connectivity index (χ2v) is 5.22. The fraction of sp³-hybridized carbons (Fsp3) is 0.500. The number of nitrogens with two attached hydrogens (primary N) is 1. The van der Waals surface area contributed by atoms with E-state index in [0.29, 0.717) is 22.5 Å². The van der Waals surface area contributed by atoms with Crippen LogP contribution < -0.4 is 11.1 Å². The van der Waals surface area contributed by atoms with Crippen molar-refractivity contribution in [3.05, 3.63) is 22.3 Å². The minimum absolute atomic E-state index is 0.0382. The molecule has 1 amide bonds. The van der Waals surface area contributed by atoms with E-state index >= 15 is 0 Å². The largest absolute Gasteiger partial charge is 0.384 e. The maximum Gasteiger partial charge on any atom is 0.252 e. The number of anilines is 1. The Morgan fingerprint density at radius 3 is 2.83 bits per heavy atom. The summed E-state index contributed by atoms with van der Waals surface area (Å²) in [6.45, 7) is 4.53. The van der Waals surface area contributed by atoms with Crippen LogP contribution in [0.2, 0.25) is 0 Å². The summed E-state index contributed by atoms with van der Waals surface area (Å²) in [4.78, 5) is 16.0. The van der Waals surface area contributed by atoms with E-state index in [-0.39, 0.29) is 17.9 Å². The van der Waals surface area contributed by atoms with Gasteiger partial charge in [0.05, 0.1) is 18.2 Å². The highest BCUT2D eigenvalue weighted by Gasteiger charge is 2.18. The van der Waals surface area contributed by atoms with Crippen molar-refractivity contribution in [2.45, 2.75) is 19.9 Å². The number of nitrogens with one attached hydrogen (secondary N) is 1. The molecule has 1 rings (SSSR count). The molecule has 1 aromatic rings. The third-order valence-corrected chi connectivity index (χ3v) is 3.22. The van der Waals surface area contributed by atoms with Gasteiger partial charge in [-0.15, -0.1) is 0 Å². The quantitative estimate of drug-likeness (QED) is 0.869. The van der Waals surface area contributed by atoms with Crippen LogP contribution in [0.15, 0.2) is 16.7 Å². The van der Waals surface area contributed by atoms with E-state index < -0.39 is 0 Å². The number of nitrogens with zero attached hydrogens (tertiary/aromatic N) is 1. The second kappa shape index (κ2) is 6.70. The van der Waals surface area contributed by atoms with Crippen LogP contribution in [0, 0.1) is 5.92 Å². The van der Waals surface area contributed by atoms with Gasteiger partial charge in [-0.25, -0.2) is 4.98 Å². The van der Waals surface area contributed by atoms with Crippen LogP contribution in [-0.2, 0) is 4.74 Å². The number of carbonyl (C=O) groups excluding carboxylic acids is 1. The number of ether oxygens (including phenoxy) is 1. The number of amides is 1. The summed E-state index contributed by atoms with van der Waals surface area (Å²) in [6.07, 6.45) is 1.52. The molecule has 0 saturated heterocycles. The lowest BCUT2D eigenvalue weighted by atomic mass is 10.0. The van der Waals surface area contributed by atoms with Crippen molar-refractivity contribution in [1.29, 1.82) is 0 Å². The van der Waals surface area contributed by atoms with E-state index in [1.807, 2.05) is 13.8 Å². The third kappa shape index (κ3) is 3.96. The minimum atomic E-state index is -0.188. The molecular weight excluding hydrogens is 298 g/mol. The summed E-state index contributed by atoms with van der Waals surface area (Å²) < 4.78 is 5.71. The Hall–Kier alpha value is -1.14. The fourth-order valence-electron chi connectivity index (χ4n) is 1.46. The number of halogens is 1. The highest BCUT2D eigenvalue weighted by atomic mass is 79.9. The summed E-state index contributed by atoms with van der Waals surface area (Å²) in [5, 5.41) is 2.92. The predicted octanol–water partition coefficient (Wildman–Crippen LogP) is 1.83. The molecule has 1 heterocycles. The van der Waals surface area contributed by atoms with Gasteiger partial charge >= 0.3 is 0 Å². The Kier molecular flexibility index (Phi) is 5.55. The maximum atomic E-state index is 12.1. The van der Waals surface area contributed by atoms with Crippen LogP contribution in [0.3, 0.4) is 0 Å². The van der Waals surface area contributed by atoms with Crippen LogP contribution in [0.1, 0.15) is 24.2 Å². The molecule has 5 nitrogen and oxygen atoms in total. The first-order chi connectivity index (χ1) is 8.45. The lowest BCUT2D eigenvalue weighted by Crippen LogP contribution is -2.41. The number of hydrogen-bond acceptors (Lipinski definition) is 4. The average molecular weight is 316 g/mol. The summed E-state index contributed by atoms with van der Waals surface area (Å²) in [5.41, 5.74) is 6.05. The van der Waals surface area contributed by atoms with E-state index in [1.54, 1.807) is 13.2 Å². The molecule has 6 heteroatoms. The number of nitrogen functional groups attached to an aromatic ring is 1. The first kappa shape index (κ1) is 14.9. The van der Waals surface area contributed by atoms with Gasteiger partial charge in [-0.1, -0.05) is 13.8 Å². The van der Waals surface area contributed by atoms with Gasteiger partial charge in [-0.3, -0.25) is 4.79 Å². The Morgan fingerprint density at radius 1 is 1.61 bits per heavy atom. The molecule has 0 aliphatic carbocycles. The molecule has 0 radical (unpaired) electrons. The molecule has 0 fully saturated rings. The number of hydrogen-bond donors (Lipinski definition) is 2. The SMILES string of the molecule is COCC(NC(=O)c1cc(N)ncc1Br)C(C)C. The molecule has 1 atom stereocenters. The number of pyridine rings is 1. The van der Waals surface area contributed by atoms with Crippen molar-refractivity contribution in [3.8, 4) is 0 Å². The van der Waals surface area contributed by atoms with Gasteiger partial charge in [0.2, 0.25) is 0 Å². The number of rotatable bonds is 5. The second-order valence-electron chi connectivity index (χ2n) is 4.37. The summed E-state index contributed by atoms with van der Waals surface area (Å²) >= 11 is 3.29. The van der Waals surface area contributed by atoms with E-state index in [1.165, 1.54) is 6.20 Å². The van der Waals surface area contributed by atoms with Crippen LogP contribution in [0.25, 0.3) is 0 Å². The van der Waals surface area contributed by atoms with Gasteiger partial charge in [0, 0.05) is 17.8 Å². The van der Waals surface area contributed by atoms with Gasteiger partial charge in [-0.2, -0.15) is 0 Å². The fourth-order valence-corrected chi connectivity index (χ4v) is 1.85. The lowest BCUT2D eigenvalue weighted by Gasteiger charge is -2.21. The van der Waals surface area contributed by atoms with Crippen molar-refractivity contribution in [2.75, 3.05) is 19.5 Å². The number of methoxy groups -OCH3 is 1. The molecule has 18 heavy (non-hydrogen) atoms. The first-order valence-electron chi connectivity index (χ1n) is 5.66. The van der Waals surface area contributed by atoms with Crippen molar-refractivity contribution in [3.63, 3.8) is 0 Å². The smallest absolute Gasteiger partial charge is 0.252 e. The minimum Gasteiger partial charge on any atom is -0.384 e. The maximum absolute atomic E-state index is 12.1. The van der Waals surface area contributed by atoms with Crippen LogP contribution in [0.5, 0.6) is 0 Å². The monoisotopic (exact) mass is 315 g/mol. The van der Waals surface area contributed by atoms with E-state index in [0.717, 1.165) is 0 Å². The van der Waals surface area contributed by atoms with Gasteiger partial charge in [-0.05, 0) is 27.9 Å². The zero-order valence-electron chi connectivity index (χ0n) is 10.7. The average Bonchev–Trinajstić information content (AvgIpc) is 2.31. The van der Waals surface area contributed by atoms with Gasteiger partial charge in [0.15, 0.2) is 0 Å². The molecule has 100 valence electrons. The number of aromatic nitrogens is 1. The van der Waals surface area contributed by atoms with Crippen molar-refractivity contribution in [2.24, 2.45) is 5.92 Å². The highest BCUT2D eigenvalue weighted by molar-refractivity contribution is 9.10. The van der Waals surface area contributed by atoms with E-state index in [4.69, 9.17) is 10.5 Å². The van der Waals surface area contributed by atoms with Crippen LogP contribution in [0.4, 0.5) is 5.82 Å². The predicted molar refractivity (Wildman–Crippen MR) is 74.3 cm³/mol. The molecule has 0 aromatic carbocycles. The van der Waals surface area contributed by atoms with E-state index in [2.05, 4.69) is 26.2 Å². The van der Waals surface area contributed by atoms with Gasteiger partial charge < -0.3 is 15.8 Å². The van der Waals surface area contributed by atoms with Gasteiger partial charge in [0.1, 0.15) is 5.82 Å². The molecule has 0 aliphatic rings. The molecule has 1 aromatic heterocycles. The molecule has 0 bridgehead atoms. The first-order valence-corrected chi connectivity index (χ1v) is 6.45. The van der Waals surface area contributed by atoms with Crippen LogP contribution >= 0.6 is 15.9 Å². The lowest BCUT2D eigenvalue weighted by molar-refractivity contribution is 0.0866. The van der Waals surface area contributed by atoms with Crippen molar-refractivity contribution >= 4 is 27.7 Å². The summed E-state index contributed by atoms with van der Waals surface area (Å²) in [7, 11) is 1.61. The summed E-state index contributed by atoms with van der Waals surface area (Å²) in [5.74, 6) is 0.412. The Bertz CT molecular complexity index is 424. The normalized spacial score (nSPS) is 12.5. The Morgan fingerprint density at radius 2 is 2.28 bits per heavy atom. The van der Waals surface area contributed by atoms with Gasteiger partial charge in [0.25, 0.3) is 5.91 Å². The zero-order valence-corrected chi connectivity index (χ0v) is 12.3. The number of carbonyl (C=O) groups is 1. The summed E-state index contributed by atoms with van der Waals surface area (Å²) in [6, 6.07) is 1.51. The highest BCUT2D eigenvalue weighted by Crippen LogP contribution is 2.17. The molecule has 1 unspecified atom stereocenters. The Labute approximate surface area is 115 Å². The van der Waals surface area contributed by atoms with E-state index in [9.17, 15) is 4.79 Å².